The number of aryl methyl sites for hydroxylation is 2. The second-order valence-electron chi connectivity index (χ2n) is 7.88. The number of rotatable bonds is 6. The summed E-state index contributed by atoms with van der Waals surface area (Å²) in [5.41, 5.74) is 3.11. The Kier molecular flexibility index (Phi) is 5.40. The molecule has 2 N–H and O–H groups in total. The van der Waals surface area contributed by atoms with Gasteiger partial charge in [0.25, 0.3) is 11.5 Å². The predicted octanol–water partition coefficient (Wildman–Crippen LogP) is 4.99. The fraction of sp³-hybridized carbons (Fsp3) is 0.111. The van der Waals surface area contributed by atoms with Crippen LogP contribution in [0.25, 0.3) is 21.7 Å². The highest BCUT2D eigenvalue weighted by molar-refractivity contribution is 6.14. The van der Waals surface area contributed by atoms with E-state index in [0.29, 0.717) is 29.3 Å². The lowest BCUT2D eigenvalue weighted by Crippen LogP contribution is -2.24. The van der Waals surface area contributed by atoms with Crippen molar-refractivity contribution >= 4 is 33.3 Å². The standard InChI is InChI=1S/C27H23N3O3/c1-33-19-11-9-18(10-12-19)14-16-30-17-23(20-5-2-3-6-21(20)27(30)32)26(31)29-25-8-4-7-24-22(25)13-15-28-24/h2-13,15,17,28H,14,16H2,1H3,(H,29,31). The van der Waals surface area contributed by atoms with E-state index in [9.17, 15) is 9.59 Å². The van der Waals surface area contributed by atoms with E-state index in [4.69, 9.17) is 4.74 Å². The van der Waals surface area contributed by atoms with Crippen LogP contribution in [-0.2, 0) is 13.0 Å². The average molecular weight is 437 g/mol. The minimum atomic E-state index is -0.252. The molecule has 0 aliphatic carbocycles. The number of H-pyrrole nitrogens is 1. The van der Waals surface area contributed by atoms with Crippen LogP contribution in [-0.4, -0.2) is 22.6 Å². The summed E-state index contributed by atoms with van der Waals surface area (Å²) in [6.45, 7) is 0.462. The molecule has 0 saturated heterocycles. The summed E-state index contributed by atoms with van der Waals surface area (Å²) in [5.74, 6) is 0.538. The molecule has 2 heterocycles. The quantitative estimate of drug-likeness (QED) is 0.393. The van der Waals surface area contributed by atoms with Crippen LogP contribution in [0.15, 0.2) is 90.0 Å². The SMILES string of the molecule is COc1ccc(CCn2cc(C(=O)Nc3cccc4[nH]ccc34)c3ccccc3c2=O)cc1. The van der Waals surface area contributed by atoms with Crippen molar-refractivity contribution in [2.75, 3.05) is 12.4 Å². The number of hydrogen-bond acceptors (Lipinski definition) is 3. The number of aromatic nitrogens is 2. The summed E-state index contributed by atoms with van der Waals surface area (Å²) in [6, 6.07) is 22.7. The van der Waals surface area contributed by atoms with Crippen LogP contribution in [0.4, 0.5) is 5.69 Å². The van der Waals surface area contributed by atoms with E-state index < -0.39 is 0 Å². The first kappa shape index (κ1) is 20.6. The fourth-order valence-electron chi connectivity index (χ4n) is 4.12. The van der Waals surface area contributed by atoms with E-state index in [1.165, 1.54) is 0 Å². The van der Waals surface area contributed by atoms with Crippen LogP contribution in [0.2, 0.25) is 0 Å². The van der Waals surface area contributed by atoms with Gasteiger partial charge in [0, 0.05) is 40.6 Å². The highest BCUT2D eigenvalue weighted by Crippen LogP contribution is 2.24. The first-order valence-corrected chi connectivity index (χ1v) is 10.8. The Bertz CT molecular complexity index is 1510. The Morgan fingerprint density at radius 1 is 0.939 bits per heavy atom. The van der Waals surface area contributed by atoms with Crippen LogP contribution in [0.1, 0.15) is 15.9 Å². The minimum absolute atomic E-state index is 0.108. The monoisotopic (exact) mass is 437 g/mol. The number of benzene rings is 3. The van der Waals surface area contributed by atoms with Gasteiger partial charge in [0.2, 0.25) is 0 Å². The van der Waals surface area contributed by atoms with Crippen molar-refractivity contribution in [2.24, 2.45) is 0 Å². The number of carbonyl (C=O) groups is 1. The molecular weight excluding hydrogens is 414 g/mol. The van der Waals surface area contributed by atoms with Crippen LogP contribution in [0.5, 0.6) is 5.75 Å². The predicted molar refractivity (Wildman–Crippen MR) is 131 cm³/mol. The number of fused-ring (bicyclic) bond motifs is 2. The summed E-state index contributed by atoms with van der Waals surface area (Å²) in [5, 5.41) is 5.13. The molecule has 5 aromatic rings. The lowest BCUT2D eigenvalue weighted by atomic mass is 10.1. The van der Waals surface area contributed by atoms with Gasteiger partial charge in [0.1, 0.15) is 5.75 Å². The Morgan fingerprint density at radius 3 is 2.52 bits per heavy atom. The largest absolute Gasteiger partial charge is 0.497 e. The molecule has 0 unspecified atom stereocenters. The van der Waals surface area contributed by atoms with Gasteiger partial charge < -0.3 is 19.6 Å². The summed E-state index contributed by atoms with van der Waals surface area (Å²) in [4.78, 5) is 29.6. The average Bonchev–Trinajstić information content (AvgIpc) is 3.34. The van der Waals surface area contributed by atoms with Gasteiger partial charge in [0.05, 0.1) is 18.4 Å². The van der Waals surface area contributed by atoms with Gasteiger partial charge in [-0.05, 0) is 48.4 Å². The molecule has 5 rings (SSSR count). The number of carbonyl (C=O) groups excluding carboxylic acids is 1. The topological polar surface area (TPSA) is 76.1 Å². The maximum atomic E-state index is 13.4. The summed E-state index contributed by atoms with van der Waals surface area (Å²) in [7, 11) is 1.63. The molecule has 0 saturated carbocycles. The molecule has 0 bridgehead atoms. The number of anilines is 1. The number of ether oxygens (including phenoxy) is 1. The normalized spacial score (nSPS) is 11.1. The first-order chi connectivity index (χ1) is 16.1. The van der Waals surface area contributed by atoms with Crippen LogP contribution in [0.3, 0.4) is 0 Å². The third-order valence-corrected chi connectivity index (χ3v) is 5.88. The molecular formula is C27H23N3O3. The van der Waals surface area contributed by atoms with E-state index in [-0.39, 0.29) is 11.5 Å². The molecule has 0 radical (unpaired) electrons. The molecule has 0 aliphatic rings. The minimum Gasteiger partial charge on any atom is -0.497 e. The zero-order valence-corrected chi connectivity index (χ0v) is 18.2. The molecule has 164 valence electrons. The summed E-state index contributed by atoms with van der Waals surface area (Å²) >= 11 is 0. The van der Waals surface area contributed by atoms with Gasteiger partial charge in [-0.1, -0.05) is 36.4 Å². The van der Waals surface area contributed by atoms with E-state index >= 15 is 0 Å². The highest BCUT2D eigenvalue weighted by Gasteiger charge is 2.16. The van der Waals surface area contributed by atoms with Crippen molar-refractivity contribution in [1.29, 1.82) is 0 Å². The number of nitrogens with one attached hydrogen (secondary N) is 2. The Labute approximate surface area is 190 Å². The Hall–Kier alpha value is -4.32. The third-order valence-electron chi connectivity index (χ3n) is 5.88. The second kappa shape index (κ2) is 8.67. The zero-order chi connectivity index (χ0) is 22.8. The number of nitrogens with zero attached hydrogens (tertiary/aromatic N) is 1. The fourth-order valence-corrected chi connectivity index (χ4v) is 4.12. The van der Waals surface area contributed by atoms with Crippen molar-refractivity contribution in [3.8, 4) is 5.75 Å². The molecule has 3 aromatic carbocycles. The van der Waals surface area contributed by atoms with Crippen LogP contribution >= 0.6 is 0 Å². The number of hydrogen-bond donors (Lipinski definition) is 2. The molecule has 1 amide bonds. The molecule has 6 heteroatoms. The number of amides is 1. The van der Waals surface area contributed by atoms with Gasteiger partial charge in [-0.15, -0.1) is 0 Å². The van der Waals surface area contributed by atoms with Gasteiger partial charge >= 0.3 is 0 Å². The molecule has 6 nitrogen and oxygen atoms in total. The van der Waals surface area contributed by atoms with Crippen LogP contribution in [0, 0.1) is 0 Å². The zero-order valence-electron chi connectivity index (χ0n) is 18.2. The van der Waals surface area contributed by atoms with Gasteiger partial charge in [0.15, 0.2) is 0 Å². The third kappa shape index (κ3) is 3.99. The molecule has 0 fully saturated rings. The number of methoxy groups -OCH3 is 1. The molecule has 0 spiro atoms. The highest BCUT2D eigenvalue weighted by atomic mass is 16.5. The number of aromatic amines is 1. The van der Waals surface area contributed by atoms with Crippen LogP contribution < -0.4 is 15.6 Å². The lowest BCUT2D eigenvalue weighted by molar-refractivity contribution is 0.102. The maximum Gasteiger partial charge on any atom is 0.258 e. The van der Waals surface area contributed by atoms with E-state index in [0.717, 1.165) is 27.9 Å². The van der Waals surface area contributed by atoms with Crippen molar-refractivity contribution in [2.45, 2.75) is 13.0 Å². The molecule has 0 aliphatic heterocycles. The summed E-state index contributed by atoms with van der Waals surface area (Å²) in [6.07, 6.45) is 4.17. The first-order valence-electron chi connectivity index (χ1n) is 10.8. The van der Waals surface area contributed by atoms with E-state index in [1.807, 2.05) is 72.9 Å². The van der Waals surface area contributed by atoms with Crippen molar-refractivity contribution in [3.63, 3.8) is 0 Å². The van der Waals surface area contributed by atoms with Gasteiger partial charge in [-0.2, -0.15) is 0 Å². The second-order valence-corrected chi connectivity index (χ2v) is 7.88. The van der Waals surface area contributed by atoms with Gasteiger partial charge in [-0.25, -0.2) is 0 Å². The molecule has 33 heavy (non-hydrogen) atoms. The Balaban J connectivity index is 1.49. The Morgan fingerprint density at radius 2 is 1.73 bits per heavy atom. The van der Waals surface area contributed by atoms with E-state index in [2.05, 4.69) is 10.3 Å². The van der Waals surface area contributed by atoms with Crippen molar-refractivity contribution in [3.05, 3.63) is 107 Å². The molecule has 2 aromatic heterocycles. The number of pyridine rings is 1. The van der Waals surface area contributed by atoms with Crippen molar-refractivity contribution in [1.82, 2.24) is 9.55 Å². The molecule has 0 atom stereocenters. The van der Waals surface area contributed by atoms with Crippen molar-refractivity contribution < 1.29 is 9.53 Å². The lowest BCUT2D eigenvalue weighted by Gasteiger charge is -2.13. The van der Waals surface area contributed by atoms with E-state index in [1.54, 1.807) is 23.9 Å². The smallest absolute Gasteiger partial charge is 0.258 e. The maximum absolute atomic E-state index is 13.4. The summed E-state index contributed by atoms with van der Waals surface area (Å²) < 4.78 is 6.83. The van der Waals surface area contributed by atoms with Gasteiger partial charge in [-0.3, -0.25) is 9.59 Å².